The van der Waals surface area contributed by atoms with Crippen LogP contribution in [0.25, 0.3) is 0 Å². The molecule has 0 aromatic heterocycles. The minimum Gasteiger partial charge on any atom is -0.357 e. The maximum Gasteiger partial charge on any atom is 0.251 e. The van der Waals surface area contributed by atoms with Gasteiger partial charge in [-0.1, -0.05) is 42.5 Å². The van der Waals surface area contributed by atoms with Crippen molar-refractivity contribution in [3.8, 4) is 0 Å². The molecule has 1 amide bonds. The number of nitrogens with zero attached hydrogens (tertiary/aromatic N) is 2. The minimum absolute atomic E-state index is 0.0338. The summed E-state index contributed by atoms with van der Waals surface area (Å²) in [6.07, 6.45) is 2.30. The molecule has 0 spiro atoms. The molecule has 0 radical (unpaired) electrons. The summed E-state index contributed by atoms with van der Waals surface area (Å²) >= 11 is 0. The molecule has 5 heteroatoms. The first-order chi connectivity index (χ1) is 14.2. The van der Waals surface area contributed by atoms with Gasteiger partial charge in [0.2, 0.25) is 0 Å². The highest BCUT2D eigenvalue weighted by molar-refractivity contribution is 5.94. The number of likely N-dealkylation sites (tertiary alicyclic amines) is 1. The normalized spacial score (nSPS) is 16.7. The summed E-state index contributed by atoms with van der Waals surface area (Å²) in [6.45, 7) is 8.12. The summed E-state index contributed by atoms with van der Waals surface area (Å²) in [6, 6.07) is 18.4. The summed E-state index contributed by atoms with van der Waals surface area (Å²) in [5.74, 6) is 1.59. The lowest BCUT2D eigenvalue weighted by Gasteiger charge is -2.22. The van der Waals surface area contributed by atoms with Gasteiger partial charge in [-0.15, -0.1) is 0 Å². The van der Waals surface area contributed by atoms with E-state index in [4.69, 9.17) is 4.99 Å². The molecule has 2 N–H and O–H groups in total. The SMILES string of the molecule is CCNC(=O)c1cccc(CN=C(NCC)N2CCC(Cc3ccccc3)C2)c1. The zero-order valence-electron chi connectivity index (χ0n) is 17.5. The van der Waals surface area contributed by atoms with E-state index in [0.29, 0.717) is 24.6 Å². The van der Waals surface area contributed by atoms with Crippen LogP contribution in [0.1, 0.15) is 41.8 Å². The van der Waals surface area contributed by atoms with E-state index in [9.17, 15) is 4.79 Å². The fourth-order valence-electron chi connectivity index (χ4n) is 3.80. The van der Waals surface area contributed by atoms with Crippen LogP contribution in [0.5, 0.6) is 0 Å². The highest BCUT2D eigenvalue weighted by Crippen LogP contribution is 2.21. The van der Waals surface area contributed by atoms with Crippen LogP contribution in [0.4, 0.5) is 0 Å². The molecule has 1 atom stereocenters. The largest absolute Gasteiger partial charge is 0.357 e. The molecular weight excluding hydrogens is 360 g/mol. The fourth-order valence-corrected chi connectivity index (χ4v) is 3.80. The van der Waals surface area contributed by atoms with Gasteiger partial charge in [-0.05, 0) is 55.9 Å². The molecule has 1 unspecified atom stereocenters. The Labute approximate surface area is 174 Å². The number of guanidine groups is 1. The van der Waals surface area contributed by atoms with Gasteiger partial charge in [0.1, 0.15) is 0 Å². The quantitative estimate of drug-likeness (QED) is 0.560. The van der Waals surface area contributed by atoms with Crippen molar-refractivity contribution in [2.45, 2.75) is 33.2 Å². The summed E-state index contributed by atoms with van der Waals surface area (Å²) < 4.78 is 0. The Bertz CT molecular complexity index is 819. The topological polar surface area (TPSA) is 56.7 Å². The van der Waals surface area contributed by atoms with Gasteiger partial charge in [0.15, 0.2) is 5.96 Å². The third-order valence-electron chi connectivity index (χ3n) is 5.23. The Morgan fingerprint density at radius 3 is 2.55 bits per heavy atom. The van der Waals surface area contributed by atoms with Gasteiger partial charge < -0.3 is 15.5 Å². The Morgan fingerprint density at radius 1 is 1.03 bits per heavy atom. The monoisotopic (exact) mass is 392 g/mol. The molecule has 2 aromatic carbocycles. The number of carbonyl (C=O) groups is 1. The average molecular weight is 393 g/mol. The lowest BCUT2D eigenvalue weighted by molar-refractivity contribution is 0.0955. The lowest BCUT2D eigenvalue weighted by Crippen LogP contribution is -2.40. The summed E-state index contributed by atoms with van der Waals surface area (Å²) in [4.78, 5) is 19.3. The predicted molar refractivity (Wildman–Crippen MR) is 119 cm³/mol. The van der Waals surface area contributed by atoms with Gasteiger partial charge in [0.25, 0.3) is 5.91 Å². The molecule has 0 bridgehead atoms. The second kappa shape index (κ2) is 10.6. The molecule has 1 aliphatic rings. The highest BCUT2D eigenvalue weighted by Gasteiger charge is 2.24. The van der Waals surface area contributed by atoms with Crippen molar-refractivity contribution < 1.29 is 4.79 Å². The van der Waals surface area contributed by atoms with E-state index in [0.717, 1.165) is 37.6 Å². The van der Waals surface area contributed by atoms with Crippen LogP contribution in [-0.4, -0.2) is 42.9 Å². The molecule has 1 saturated heterocycles. The number of hydrogen-bond acceptors (Lipinski definition) is 2. The first-order valence-electron chi connectivity index (χ1n) is 10.6. The summed E-state index contributed by atoms with van der Waals surface area (Å²) in [5, 5.41) is 6.28. The van der Waals surface area contributed by atoms with Gasteiger partial charge in [-0.3, -0.25) is 4.79 Å². The van der Waals surface area contributed by atoms with Crippen LogP contribution in [0.15, 0.2) is 59.6 Å². The van der Waals surface area contributed by atoms with Crippen molar-refractivity contribution in [1.82, 2.24) is 15.5 Å². The van der Waals surface area contributed by atoms with E-state index < -0.39 is 0 Å². The Kier molecular flexibility index (Phi) is 7.68. The van der Waals surface area contributed by atoms with Crippen LogP contribution in [0.2, 0.25) is 0 Å². The summed E-state index contributed by atoms with van der Waals surface area (Å²) in [5.41, 5.74) is 3.14. The Hall–Kier alpha value is -2.82. The van der Waals surface area contributed by atoms with Crippen LogP contribution in [0, 0.1) is 5.92 Å². The minimum atomic E-state index is -0.0338. The van der Waals surface area contributed by atoms with Crippen LogP contribution < -0.4 is 10.6 Å². The molecule has 29 heavy (non-hydrogen) atoms. The van der Waals surface area contributed by atoms with Crippen LogP contribution in [-0.2, 0) is 13.0 Å². The lowest BCUT2D eigenvalue weighted by atomic mass is 9.99. The molecule has 2 aromatic rings. The Morgan fingerprint density at radius 2 is 1.79 bits per heavy atom. The van der Waals surface area contributed by atoms with Gasteiger partial charge in [-0.2, -0.15) is 0 Å². The van der Waals surface area contributed by atoms with E-state index in [1.54, 1.807) is 0 Å². The van der Waals surface area contributed by atoms with Crippen molar-refractivity contribution in [2.75, 3.05) is 26.2 Å². The molecule has 1 fully saturated rings. The zero-order chi connectivity index (χ0) is 20.5. The number of benzene rings is 2. The average Bonchev–Trinajstić information content (AvgIpc) is 3.20. The number of hydrogen-bond donors (Lipinski definition) is 2. The van der Waals surface area contributed by atoms with Gasteiger partial charge in [0.05, 0.1) is 6.54 Å². The van der Waals surface area contributed by atoms with Crippen molar-refractivity contribution in [3.63, 3.8) is 0 Å². The van der Waals surface area contributed by atoms with Crippen molar-refractivity contribution in [3.05, 3.63) is 71.3 Å². The van der Waals surface area contributed by atoms with Gasteiger partial charge in [0, 0.05) is 31.7 Å². The van der Waals surface area contributed by atoms with E-state index in [-0.39, 0.29) is 5.91 Å². The maximum absolute atomic E-state index is 12.1. The summed E-state index contributed by atoms with van der Waals surface area (Å²) in [7, 11) is 0. The number of nitrogens with one attached hydrogen (secondary N) is 2. The molecule has 5 nitrogen and oxygen atoms in total. The molecule has 3 rings (SSSR count). The standard InChI is InChI=1S/C24H32N4O/c1-3-25-23(29)22-12-8-11-20(16-22)17-27-24(26-4-2)28-14-13-21(18-28)15-19-9-6-5-7-10-19/h5-12,16,21H,3-4,13-15,17-18H2,1-2H3,(H,25,29)(H,26,27). The number of amides is 1. The predicted octanol–water partition coefficient (Wildman–Crippen LogP) is 3.47. The van der Waals surface area contributed by atoms with Gasteiger partial charge >= 0.3 is 0 Å². The Balaban J connectivity index is 1.63. The molecule has 1 heterocycles. The van der Waals surface area contributed by atoms with Crippen LogP contribution >= 0.6 is 0 Å². The number of carbonyl (C=O) groups excluding carboxylic acids is 1. The second-order valence-corrected chi connectivity index (χ2v) is 7.52. The van der Waals surface area contributed by atoms with Crippen molar-refractivity contribution in [2.24, 2.45) is 10.9 Å². The van der Waals surface area contributed by atoms with Crippen molar-refractivity contribution >= 4 is 11.9 Å². The second-order valence-electron chi connectivity index (χ2n) is 7.52. The molecule has 1 aliphatic heterocycles. The molecule has 0 saturated carbocycles. The highest BCUT2D eigenvalue weighted by atomic mass is 16.1. The van der Waals surface area contributed by atoms with Gasteiger partial charge in [-0.25, -0.2) is 4.99 Å². The number of aliphatic imine (C=N–C) groups is 1. The fraction of sp³-hybridized carbons (Fsp3) is 0.417. The maximum atomic E-state index is 12.1. The smallest absolute Gasteiger partial charge is 0.251 e. The molecule has 154 valence electrons. The molecular formula is C24H32N4O. The number of rotatable bonds is 7. The molecule has 0 aliphatic carbocycles. The van der Waals surface area contributed by atoms with Crippen molar-refractivity contribution in [1.29, 1.82) is 0 Å². The van der Waals surface area contributed by atoms with E-state index in [2.05, 4.69) is 52.8 Å². The third-order valence-corrected chi connectivity index (χ3v) is 5.23. The van der Waals surface area contributed by atoms with E-state index in [1.165, 1.54) is 12.0 Å². The van der Waals surface area contributed by atoms with E-state index >= 15 is 0 Å². The zero-order valence-corrected chi connectivity index (χ0v) is 17.5. The first-order valence-corrected chi connectivity index (χ1v) is 10.6. The third kappa shape index (κ3) is 6.08. The first kappa shape index (κ1) is 20.9. The van der Waals surface area contributed by atoms with Crippen LogP contribution in [0.3, 0.4) is 0 Å². The van der Waals surface area contributed by atoms with E-state index in [1.807, 2.05) is 31.2 Å².